The van der Waals surface area contributed by atoms with Gasteiger partial charge in [-0.25, -0.2) is 0 Å². The topological polar surface area (TPSA) is 12.0 Å². The third-order valence-electron chi connectivity index (χ3n) is 3.57. The zero-order chi connectivity index (χ0) is 12.5. The fourth-order valence-electron chi connectivity index (χ4n) is 2.10. The van der Waals surface area contributed by atoms with Crippen molar-refractivity contribution in [2.45, 2.75) is 33.2 Å². The van der Waals surface area contributed by atoms with Crippen LogP contribution < -0.4 is 5.32 Å². The number of hydrogen-bond donors (Lipinski definition) is 1. The molecule has 1 fully saturated rings. The summed E-state index contributed by atoms with van der Waals surface area (Å²) in [5.41, 5.74) is 2.62. The molecule has 1 unspecified atom stereocenters. The lowest BCUT2D eigenvalue weighted by molar-refractivity contribution is 0.305. The molecule has 1 heterocycles. The van der Waals surface area contributed by atoms with Crippen molar-refractivity contribution in [1.29, 1.82) is 0 Å². The van der Waals surface area contributed by atoms with E-state index in [2.05, 4.69) is 38.2 Å². The van der Waals surface area contributed by atoms with Crippen LogP contribution in [0.15, 0.2) is 18.2 Å². The molecule has 94 valence electrons. The van der Waals surface area contributed by atoms with Crippen molar-refractivity contribution < 1.29 is 0 Å². The van der Waals surface area contributed by atoms with E-state index in [1.807, 2.05) is 17.8 Å². The van der Waals surface area contributed by atoms with Crippen LogP contribution in [0.5, 0.6) is 0 Å². The van der Waals surface area contributed by atoms with Gasteiger partial charge in [0.1, 0.15) is 0 Å². The van der Waals surface area contributed by atoms with E-state index in [1.165, 1.54) is 17.7 Å². The molecule has 0 radical (unpaired) electrons. The number of anilines is 1. The van der Waals surface area contributed by atoms with E-state index in [9.17, 15) is 0 Å². The Balaban J connectivity index is 2.14. The highest BCUT2D eigenvalue weighted by Gasteiger charge is 2.32. The summed E-state index contributed by atoms with van der Waals surface area (Å²) >= 11 is 8.30. The van der Waals surface area contributed by atoms with E-state index in [1.54, 1.807) is 0 Å². The number of nitrogens with one attached hydrogen (secondary N) is 1. The van der Waals surface area contributed by atoms with Gasteiger partial charge in [0, 0.05) is 11.8 Å². The predicted molar refractivity (Wildman–Crippen MR) is 79.3 cm³/mol. The van der Waals surface area contributed by atoms with E-state index in [-0.39, 0.29) is 0 Å². The minimum absolute atomic E-state index is 0.347. The number of benzene rings is 1. The molecule has 3 heteroatoms. The first-order valence-electron chi connectivity index (χ1n) is 6.09. The van der Waals surface area contributed by atoms with E-state index in [0.717, 1.165) is 16.5 Å². The summed E-state index contributed by atoms with van der Waals surface area (Å²) in [5.74, 6) is 2.43. The Morgan fingerprint density at radius 3 is 2.82 bits per heavy atom. The Morgan fingerprint density at radius 2 is 2.18 bits per heavy atom. The van der Waals surface area contributed by atoms with Crippen LogP contribution >= 0.6 is 23.4 Å². The SMILES string of the molecule is Cc1ccc(NC2CSCCC2(C)C)c(Cl)c1. The van der Waals surface area contributed by atoms with Gasteiger partial charge in [-0.05, 0) is 42.2 Å². The highest BCUT2D eigenvalue weighted by molar-refractivity contribution is 7.99. The Morgan fingerprint density at radius 1 is 1.41 bits per heavy atom. The van der Waals surface area contributed by atoms with Gasteiger partial charge >= 0.3 is 0 Å². The van der Waals surface area contributed by atoms with Crippen LogP contribution in [0.25, 0.3) is 0 Å². The Labute approximate surface area is 113 Å². The van der Waals surface area contributed by atoms with Gasteiger partial charge in [-0.15, -0.1) is 0 Å². The van der Waals surface area contributed by atoms with Crippen LogP contribution in [0.2, 0.25) is 5.02 Å². The Bertz CT molecular complexity index is 403. The number of hydrogen-bond acceptors (Lipinski definition) is 2. The second-order valence-corrected chi connectivity index (χ2v) is 7.05. The number of aryl methyl sites for hydroxylation is 1. The van der Waals surface area contributed by atoms with Crippen molar-refractivity contribution in [2.75, 3.05) is 16.8 Å². The molecule has 1 saturated heterocycles. The first kappa shape index (κ1) is 13.1. The van der Waals surface area contributed by atoms with Crippen LogP contribution in [-0.4, -0.2) is 17.5 Å². The first-order chi connectivity index (χ1) is 7.99. The van der Waals surface area contributed by atoms with Crippen molar-refractivity contribution in [3.8, 4) is 0 Å². The normalized spacial score (nSPS) is 23.4. The molecule has 0 spiro atoms. The lowest BCUT2D eigenvalue weighted by Crippen LogP contribution is -2.41. The molecule has 1 aromatic carbocycles. The van der Waals surface area contributed by atoms with Gasteiger partial charge in [0.15, 0.2) is 0 Å². The standard InChI is InChI=1S/C14H20ClNS/c1-10-4-5-12(11(15)8-10)16-13-9-17-7-6-14(13,2)3/h4-5,8,13,16H,6-7,9H2,1-3H3. The van der Waals surface area contributed by atoms with E-state index in [0.29, 0.717) is 11.5 Å². The monoisotopic (exact) mass is 269 g/mol. The third kappa shape index (κ3) is 3.11. The van der Waals surface area contributed by atoms with Crippen molar-refractivity contribution in [1.82, 2.24) is 0 Å². The van der Waals surface area contributed by atoms with Crippen molar-refractivity contribution in [3.63, 3.8) is 0 Å². The number of rotatable bonds is 2. The molecule has 0 aliphatic carbocycles. The van der Waals surface area contributed by atoms with Gasteiger partial charge in [-0.3, -0.25) is 0 Å². The molecule has 2 rings (SSSR count). The van der Waals surface area contributed by atoms with Crippen molar-refractivity contribution >= 4 is 29.1 Å². The zero-order valence-corrected chi connectivity index (χ0v) is 12.3. The predicted octanol–water partition coefficient (Wildman–Crippen LogP) is 4.59. The zero-order valence-electron chi connectivity index (χ0n) is 10.7. The number of thioether (sulfide) groups is 1. The molecular weight excluding hydrogens is 250 g/mol. The van der Waals surface area contributed by atoms with Gasteiger partial charge in [-0.1, -0.05) is 31.5 Å². The lowest BCUT2D eigenvalue weighted by Gasteiger charge is -2.39. The smallest absolute Gasteiger partial charge is 0.0640 e. The quantitative estimate of drug-likeness (QED) is 0.843. The average Bonchev–Trinajstić information content (AvgIpc) is 2.24. The minimum Gasteiger partial charge on any atom is -0.380 e. The number of halogens is 1. The molecule has 17 heavy (non-hydrogen) atoms. The second kappa shape index (κ2) is 5.11. The third-order valence-corrected chi connectivity index (χ3v) is 4.95. The molecule has 0 saturated carbocycles. The minimum atomic E-state index is 0.347. The van der Waals surface area contributed by atoms with Crippen LogP contribution in [0.3, 0.4) is 0 Å². The molecular formula is C14H20ClNS. The molecule has 1 aliphatic rings. The highest BCUT2D eigenvalue weighted by Crippen LogP contribution is 2.37. The van der Waals surface area contributed by atoms with Gasteiger partial charge < -0.3 is 5.32 Å². The van der Waals surface area contributed by atoms with Crippen LogP contribution in [-0.2, 0) is 0 Å². The van der Waals surface area contributed by atoms with E-state index in [4.69, 9.17) is 11.6 Å². The van der Waals surface area contributed by atoms with Gasteiger partial charge in [0.05, 0.1) is 10.7 Å². The average molecular weight is 270 g/mol. The summed E-state index contributed by atoms with van der Waals surface area (Å²) in [6.45, 7) is 6.75. The Kier molecular flexibility index (Phi) is 3.94. The summed E-state index contributed by atoms with van der Waals surface area (Å²) in [6.07, 6.45) is 1.26. The molecule has 0 aromatic heterocycles. The summed E-state index contributed by atoms with van der Waals surface area (Å²) in [4.78, 5) is 0. The second-order valence-electron chi connectivity index (χ2n) is 5.49. The lowest BCUT2D eigenvalue weighted by atomic mass is 9.82. The maximum Gasteiger partial charge on any atom is 0.0640 e. The molecule has 0 bridgehead atoms. The summed E-state index contributed by atoms with van der Waals surface area (Å²) in [7, 11) is 0. The molecule has 0 amide bonds. The van der Waals surface area contributed by atoms with Crippen molar-refractivity contribution in [3.05, 3.63) is 28.8 Å². The maximum atomic E-state index is 6.27. The van der Waals surface area contributed by atoms with Crippen LogP contribution in [0, 0.1) is 12.3 Å². The fourth-order valence-corrected chi connectivity index (χ4v) is 4.00. The Hall–Kier alpha value is -0.340. The maximum absolute atomic E-state index is 6.27. The first-order valence-corrected chi connectivity index (χ1v) is 7.63. The van der Waals surface area contributed by atoms with E-state index >= 15 is 0 Å². The summed E-state index contributed by atoms with van der Waals surface area (Å²) in [5, 5.41) is 4.44. The molecule has 1 aliphatic heterocycles. The largest absolute Gasteiger partial charge is 0.380 e. The van der Waals surface area contributed by atoms with Crippen molar-refractivity contribution in [2.24, 2.45) is 5.41 Å². The van der Waals surface area contributed by atoms with E-state index < -0.39 is 0 Å². The molecule has 1 atom stereocenters. The van der Waals surface area contributed by atoms with Gasteiger partial charge in [-0.2, -0.15) is 11.8 Å². The molecule has 1 nitrogen and oxygen atoms in total. The summed E-state index contributed by atoms with van der Waals surface area (Å²) in [6, 6.07) is 6.72. The highest BCUT2D eigenvalue weighted by atomic mass is 35.5. The van der Waals surface area contributed by atoms with Crippen LogP contribution in [0.1, 0.15) is 25.8 Å². The van der Waals surface area contributed by atoms with Gasteiger partial charge in [0.2, 0.25) is 0 Å². The fraction of sp³-hybridized carbons (Fsp3) is 0.571. The van der Waals surface area contributed by atoms with Crippen LogP contribution in [0.4, 0.5) is 5.69 Å². The molecule has 1 N–H and O–H groups in total. The van der Waals surface area contributed by atoms with Gasteiger partial charge in [0.25, 0.3) is 0 Å². The summed E-state index contributed by atoms with van der Waals surface area (Å²) < 4.78 is 0. The molecule has 1 aromatic rings.